The SMILES string of the molecule is CCNCC1(S(C)(=O)=O)CC(CC)C1. The number of sulfone groups is 1. The first-order valence-corrected chi connectivity index (χ1v) is 7.24. The summed E-state index contributed by atoms with van der Waals surface area (Å²) in [5, 5.41) is 3.16. The van der Waals surface area contributed by atoms with Gasteiger partial charge in [0.05, 0.1) is 4.75 Å². The van der Waals surface area contributed by atoms with Gasteiger partial charge in [-0.05, 0) is 25.3 Å². The van der Waals surface area contributed by atoms with E-state index in [1.165, 1.54) is 6.26 Å². The summed E-state index contributed by atoms with van der Waals surface area (Å²) in [7, 11) is -2.91. The molecule has 0 atom stereocenters. The van der Waals surface area contributed by atoms with Gasteiger partial charge in [0.25, 0.3) is 0 Å². The summed E-state index contributed by atoms with van der Waals surface area (Å²) in [6, 6.07) is 0. The van der Waals surface area contributed by atoms with Crippen LogP contribution in [0.2, 0.25) is 0 Å². The second-order valence-electron chi connectivity index (χ2n) is 4.42. The minimum absolute atomic E-state index is 0.455. The lowest BCUT2D eigenvalue weighted by atomic mass is 9.72. The van der Waals surface area contributed by atoms with Gasteiger partial charge < -0.3 is 5.32 Å². The van der Waals surface area contributed by atoms with Crippen LogP contribution in [0.3, 0.4) is 0 Å². The lowest BCUT2D eigenvalue weighted by Crippen LogP contribution is -2.56. The van der Waals surface area contributed by atoms with E-state index in [4.69, 9.17) is 0 Å². The molecule has 0 aromatic rings. The topological polar surface area (TPSA) is 46.2 Å². The van der Waals surface area contributed by atoms with Gasteiger partial charge in [0.15, 0.2) is 9.84 Å². The second-order valence-corrected chi connectivity index (χ2v) is 6.83. The molecule has 0 bridgehead atoms. The highest BCUT2D eigenvalue weighted by molar-refractivity contribution is 7.92. The first kappa shape index (κ1) is 12.0. The molecule has 0 unspecified atom stereocenters. The number of rotatable bonds is 5. The van der Waals surface area contributed by atoms with E-state index in [0.717, 1.165) is 25.8 Å². The predicted molar refractivity (Wildman–Crippen MR) is 59.1 cm³/mol. The zero-order valence-electron chi connectivity index (χ0n) is 9.34. The van der Waals surface area contributed by atoms with Crippen molar-refractivity contribution in [2.45, 2.75) is 37.9 Å². The van der Waals surface area contributed by atoms with Crippen LogP contribution in [-0.4, -0.2) is 32.5 Å². The largest absolute Gasteiger partial charge is 0.315 e. The summed E-state index contributed by atoms with van der Waals surface area (Å²) in [6.07, 6.45) is 4.16. The molecule has 1 saturated carbocycles. The van der Waals surface area contributed by atoms with Crippen molar-refractivity contribution in [3.63, 3.8) is 0 Å². The van der Waals surface area contributed by atoms with Gasteiger partial charge >= 0.3 is 0 Å². The predicted octanol–water partition coefficient (Wildman–Crippen LogP) is 1.20. The van der Waals surface area contributed by atoms with Crippen LogP contribution in [-0.2, 0) is 9.84 Å². The van der Waals surface area contributed by atoms with Crippen LogP contribution in [0.1, 0.15) is 33.1 Å². The van der Waals surface area contributed by atoms with E-state index in [0.29, 0.717) is 12.5 Å². The van der Waals surface area contributed by atoms with Crippen LogP contribution in [0.15, 0.2) is 0 Å². The van der Waals surface area contributed by atoms with Gasteiger partial charge in [-0.2, -0.15) is 0 Å². The average Bonchev–Trinajstić information content (AvgIpc) is 2.00. The molecule has 0 aromatic heterocycles. The van der Waals surface area contributed by atoms with Gasteiger partial charge in [-0.25, -0.2) is 8.42 Å². The zero-order valence-corrected chi connectivity index (χ0v) is 10.2. The highest BCUT2D eigenvalue weighted by atomic mass is 32.2. The van der Waals surface area contributed by atoms with Crippen LogP contribution < -0.4 is 5.32 Å². The minimum Gasteiger partial charge on any atom is -0.315 e. The molecular weight excluding hydrogens is 198 g/mol. The Hall–Kier alpha value is -0.0900. The lowest BCUT2D eigenvalue weighted by molar-refractivity contribution is 0.207. The third-order valence-electron chi connectivity index (χ3n) is 3.38. The van der Waals surface area contributed by atoms with Crippen molar-refractivity contribution in [3.8, 4) is 0 Å². The van der Waals surface area contributed by atoms with E-state index in [1.807, 2.05) is 6.92 Å². The summed E-state index contributed by atoms with van der Waals surface area (Å²) >= 11 is 0. The Balaban J connectivity index is 2.66. The Kier molecular flexibility index (Phi) is 3.58. The molecule has 0 radical (unpaired) electrons. The Morgan fingerprint density at radius 3 is 2.29 bits per heavy atom. The van der Waals surface area contributed by atoms with Crippen molar-refractivity contribution < 1.29 is 8.42 Å². The second kappa shape index (κ2) is 4.19. The first-order chi connectivity index (χ1) is 6.45. The molecule has 1 aliphatic rings. The van der Waals surface area contributed by atoms with E-state index in [1.54, 1.807) is 0 Å². The molecular formula is C10H21NO2S. The molecule has 14 heavy (non-hydrogen) atoms. The van der Waals surface area contributed by atoms with E-state index in [9.17, 15) is 8.42 Å². The Morgan fingerprint density at radius 1 is 1.36 bits per heavy atom. The van der Waals surface area contributed by atoms with E-state index in [-0.39, 0.29) is 0 Å². The molecule has 0 saturated heterocycles. The molecule has 3 nitrogen and oxygen atoms in total. The van der Waals surface area contributed by atoms with Gasteiger partial charge in [0.2, 0.25) is 0 Å². The van der Waals surface area contributed by atoms with E-state index in [2.05, 4.69) is 12.2 Å². The van der Waals surface area contributed by atoms with Crippen molar-refractivity contribution in [1.82, 2.24) is 5.32 Å². The molecule has 84 valence electrons. The normalized spacial score (nSPS) is 32.6. The highest BCUT2D eigenvalue weighted by Gasteiger charge is 2.50. The molecule has 1 rings (SSSR count). The molecule has 0 heterocycles. The molecule has 0 aliphatic heterocycles. The first-order valence-electron chi connectivity index (χ1n) is 5.35. The fraction of sp³-hybridized carbons (Fsp3) is 1.00. The summed E-state index contributed by atoms with van der Waals surface area (Å²) in [4.78, 5) is 0. The zero-order chi connectivity index (χ0) is 10.8. The third-order valence-corrected chi connectivity index (χ3v) is 5.43. The number of hydrogen-bond acceptors (Lipinski definition) is 3. The van der Waals surface area contributed by atoms with E-state index < -0.39 is 14.6 Å². The van der Waals surface area contributed by atoms with Crippen LogP contribution in [0.5, 0.6) is 0 Å². The Morgan fingerprint density at radius 2 is 1.93 bits per heavy atom. The minimum atomic E-state index is -2.91. The lowest BCUT2D eigenvalue weighted by Gasteiger charge is -2.46. The van der Waals surface area contributed by atoms with Gasteiger partial charge in [0, 0.05) is 12.8 Å². The summed E-state index contributed by atoms with van der Waals surface area (Å²) in [6.45, 7) is 5.60. The van der Waals surface area contributed by atoms with Crippen LogP contribution in [0.25, 0.3) is 0 Å². The van der Waals surface area contributed by atoms with Crippen molar-refractivity contribution in [1.29, 1.82) is 0 Å². The molecule has 1 N–H and O–H groups in total. The van der Waals surface area contributed by atoms with Gasteiger partial charge in [-0.1, -0.05) is 20.3 Å². The highest BCUT2D eigenvalue weighted by Crippen LogP contribution is 2.44. The molecule has 0 aromatic carbocycles. The maximum Gasteiger partial charge on any atom is 0.154 e. The van der Waals surface area contributed by atoms with Gasteiger partial charge in [0.1, 0.15) is 0 Å². The van der Waals surface area contributed by atoms with Crippen molar-refractivity contribution in [2.75, 3.05) is 19.3 Å². The van der Waals surface area contributed by atoms with Gasteiger partial charge in [-0.3, -0.25) is 0 Å². The van der Waals surface area contributed by atoms with Crippen molar-refractivity contribution in [3.05, 3.63) is 0 Å². The molecule has 4 heteroatoms. The maximum absolute atomic E-state index is 11.7. The molecule has 1 fully saturated rings. The van der Waals surface area contributed by atoms with Crippen LogP contribution in [0, 0.1) is 5.92 Å². The average molecular weight is 219 g/mol. The van der Waals surface area contributed by atoms with Crippen molar-refractivity contribution >= 4 is 9.84 Å². The van der Waals surface area contributed by atoms with Crippen LogP contribution >= 0.6 is 0 Å². The third kappa shape index (κ3) is 2.11. The van der Waals surface area contributed by atoms with Gasteiger partial charge in [-0.15, -0.1) is 0 Å². The van der Waals surface area contributed by atoms with Crippen molar-refractivity contribution in [2.24, 2.45) is 5.92 Å². The summed E-state index contributed by atoms with van der Waals surface area (Å²) in [5.74, 6) is 0.614. The summed E-state index contributed by atoms with van der Waals surface area (Å²) < 4.78 is 22.9. The molecule has 0 amide bonds. The molecule has 0 spiro atoms. The Bertz CT molecular complexity index is 273. The Labute approximate surface area is 87.2 Å². The summed E-state index contributed by atoms with van der Waals surface area (Å²) in [5.41, 5.74) is 0. The number of nitrogens with one attached hydrogen (secondary N) is 1. The smallest absolute Gasteiger partial charge is 0.154 e. The standard InChI is InChI=1S/C10H21NO2S/c1-4-9-6-10(7-9,8-11-5-2)14(3,12)13/h9,11H,4-8H2,1-3H3. The fourth-order valence-corrected chi connectivity index (χ4v) is 3.65. The molecule has 1 aliphatic carbocycles. The maximum atomic E-state index is 11.7. The monoisotopic (exact) mass is 219 g/mol. The number of hydrogen-bond donors (Lipinski definition) is 1. The van der Waals surface area contributed by atoms with E-state index >= 15 is 0 Å². The quantitative estimate of drug-likeness (QED) is 0.756. The van der Waals surface area contributed by atoms with Crippen LogP contribution in [0.4, 0.5) is 0 Å². The fourth-order valence-electron chi connectivity index (χ4n) is 2.21.